The molecule has 0 aliphatic carbocycles. The Bertz CT molecular complexity index is 1280. The number of methoxy groups -OCH3 is 1. The first-order chi connectivity index (χ1) is 13.2. The van der Waals surface area contributed by atoms with Gasteiger partial charge in [0.25, 0.3) is 11.8 Å². The Hall–Kier alpha value is -3.80. The summed E-state index contributed by atoms with van der Waals surface area (Å²) in [4.78, 5) is 28.4. The Morgan fingerprint density at radius 3 is 2.44 bits per heavy atom. The Labute approximate surface area is 153 Å². The third kappa shape index (κ3) is 2.13. The van der Waals surface area contributed by atoms with Gasteiger partial charge in [0.05, 0.1) is 18.3 Å². The highest BCUT2D eigenvalue weighted by molar-refractivity contribution is 6.50. The van der Waals surface area contributed by atoms with Gasteiger partial charge in [-0.2, -0.15) is 0 Å². The van der Waals surface area contributed by atoms with Gasteiger partial charge in [-0.05, 0) is 12.1 Å². The van der Waals surface area contributed by atoms with E-state index in [1.165, 1.54) is 6.26 Å². The van der Waals surface area contributed by atoms with Crippen LogP contribution in [0.15, 0.2) is 59.3 Å². The predicted octanol–water partition coefficient (Wildman–Crippen LogP) is 3.49. The van der Waals surface area contributed by atoms with Gasteiger partial charge < -0.3 is 14.1 Å². The van der Waals surface area contributed by atoms with Crippen LogP contribution in [0.3, 0.4) is 0 Å². The van der Waals surface area contributed by atoms with Gasteiger partial charge in [0.1, 0.15) is 6.26 Å². The number of ether oxygens (including phenoxy) is 1. The van der Waals surface area contributed by atoms with Gasteiger partial charge in [-0.15, -0.1) is 0 Å². The molecule has 2 aromatic carbocycles. The number of fused-ring (bicyclic) bond motifs is 2. The van der Waals surface area contributed by atoms with Crippen LogP contribution in [0.5, 0.6) is 5.75 Å². The number of benzene rings is 2. The van der Waals surface area contributed by atoms with Gasteiger partial charge in [-0.1, -0.05) is 30.3 Å². The van der Waals surface area contributed by atoms with Gasteiger partial charge in [-0.25, -0.2) is 0 Å². The molecule has 0 spiro atoms. The van der Waals surface area contributed by atoms with E-state index in [9.17, 15) is 9.59 Å². The zero-order valence-corrected chi connectivity index (χ0v) is 14.3. The number of aromatic nitrogens is 1. The van der Waals surface area contributed by atoms with E-state index in [0.717, 1.165) is 10.9 Å². The summed E-state index contributed by atoms with van der Waals surface area (Å²) < 4.78 is 11.0. The minimum atomic E-state index is -0.439. The fourth-order valence-electron chi connectivity index (χ4n) is 3.63. The number of H-pyrrole nitrogens is 1. The van der Waals surface area contributed by atoms with Crippen molar-refractivity contribution in [1.82, 2.24) is 10.3 Å². The number of carbonyl (C=O) groups is 2. The zero-order chi connectivity index (χ0) is 18.5. The van der Waals surface area contributed by atoms with Crippen molar-refractivity contribution in [3.05, 3.63) is 66.1 Å². The van der Waals surface area contributed by atoms with E-state index < -0.39 is 11.8 Å². The number of furan rings is 1. The molecule has 0 saturated heterocycles. The van der Waals surface area contributed by atoms with Gasteiger partial charge in [-0.3, -0.25) is 14.9 Å². The molecule has 1 aliphatic rings. The molecule has 0 atom stereocenters. The Morgan fingerprint density at radius 1 is 0.889 bits per heavy atom. The molecule has 6 nitrogen and oxygen atoms in total. The summed E-state index contributed by atoms with van der Waals surface area (Å²) in [6, 6.07) is 13.1. The molecule has 132 valence electrons. The zero-order valence-electron chi connectivity index (χ0n) is 14.3. The molecule has 2 aromatic heterocycles. The minimum absolute atomic E-state index is 0.303. The van der Waals surface area contributed by atoms with Crippen molar-refractivity contribution in [2.24, 2.45) is 0 Å². The molecule has 5 rings (SSSR count). The van der Waals surface area contributed by atoms with Crippen LogP contribution in [-0.2, 0) is 9.59 Å². The molecule has 4 aromatic rings. The van der Waals surface area contributed by atoms with Gasteiger partial charge >= 0.3 is 0 Å². The van der Waals surface area contributed by atoms with Crippen LogP contribution < -0.4 is 10.1 Å². The van der Waals surface area contributed by atoms with E-state index >= 15 is 0 Å². The topological polar surface area (TPSA) is 84.3 Å². The SMILES string of the molecule is COc1cccc2c(C3=C(c4c[nH]c5ccccc45)C(=O)NC3=O)coc12. The second-order valence-electron chi connectivity index (χ2n) is 6.27. The summed E-state index contributed by atoms with van der Waals surface area (Å²) in [5.74, 6) is -0.291. The second-order valence-corrected chi connectivity index (χ2v) is 6.27. The Balaban J connectivity index is 1.83. The van der Waals surface area contributed by atoms with Crippen molar-refractivity contribution in [2.45, 2.75) is 0 Å². The molecule has 0 bridgehead atoms. The van der Waals surface area contributed by atoms with Crippen molar-refractivity contribution in [2.75, 3.05) is 7.11 Å². The van der Waals surface area contributed by atoms with Crippen LogP contribution in [0.4, 0.5) is 0 Å². The lowest BCUT2D eigenvalue weighted by atomic mass is 9.95. The molecular formula is C21H14N2O4. The molecule has 3 heterocycles. The fraction of sp³-hybridized carbons (Fsp3) is 0.0476. The van der Waals surface area contributed by atoms with Gasteiger partial charge in [0.2, 0.25) is 0 Å². The first-order valence-electron chi connectivity index (χ1n) is 8.40. The van der Waals surface area contributed by atoms with E-state index in [1.807, 2.05) is 36.4 Å². The van der Waals surface area contributed by atoms with Crippen LogP contribution >= 0.6 is 0 Å². The third-order valence-corrected chi connectivity index (χ3v) is 4.84. The monoisotopic (exact) mass is 358 g/mol. The van der Waals surface area contributed by atoms with Gasteiger partial charge in [0, 0.05) is 33.6 Å². The smallest absolute Gasteiger partial charge is 0.259 e. The van der Waals surface area contributed by atoms with E-state index in [-0.39, 0.29) is 0 Å². The molecule has 0 fully saturated rings. The molecule has 0 unspecified atom stereocenters. The highest BCUT2D eigenvalue weighted by Gasteiger charge is 2.35. The molecule has 1 aliphatic heterocycles. The highest BCUT2D eigenvalue weighted by atomic mass is 16.5. The van der Waals surface area contributed by atoms with Crippen LogP contribution in [0.25, 0.3) is 33.0 Å². The average molecular weight is 358 g/mol. The normalized spacial score (nSPS) is 14.4. The lowest BCUT2D eigenvalue weighted by molar-refractivity contribution is -0.122. The van der Waals surface area contributed by atoms with Crippen LogP contribution in [0.1, 0.15) is 11.1 Å². The standard InChI is InChI=1S/C21H14N2O4/c1-26-16-8-4-6-12-14(10-27-19(12)16)18-17(20(24)23-21(18)25)13-9-22-15-7-3-2-5-11(13)15/h2-10,22H,1H3,(H,23,24,25). The lowest BCUT2D eigenvalue weighted by Gasteiger charge is -2.03. The first kappa shape index (κ1) is 15.5. The predicted molar refractivity (Wildman–Crippen MR) is 101 cm³/mol. The quantitative estimate of drug-likeness (QED) is 0.549. The molecule has 2 amide bonds. The highest BCUT2D eigenvalue weighted by Crippen LogP contribution is 2.39. The van der Waals surface area contributed by atoms with Crippen molar-refractivity contribution in [3.8, 4) is 5.75 Å². The molecule has 27 heavy (non-hydrogen) atoms. The number of imide groups is 1. The first-order valence-corrected chi connectivity index (χ1v) is 8.40. The fourth-order valence-corrected chi connectivity index (χ4v) is 3.63. The maximum absolute atomic E-state index is 12.7. The Morgan fingerprint density at radius 2 is 1.63 bits per heavy atom. The molecule has 6 heteroatoms. The van der Waals surface area contributed by atoms with Crippen LogP contribution in [0.2, 0.25) is 0 Å². The maximum atomic E-state index is 12.7. The number of hydrogen-bond donors (Lipinski definition) is 2. The van der Waals surface area contributed by atoms with Crippen LogP contribution in [0, 0.1) is 0 Å². The number of carbonyl (C=O) groups excluding carboxylic acids is 2. The largest absolute Gasteiger partial charge is 0.493 e. The second kappa shape index (κ2) is 5.60. The van der Waals surface area contributed by atoms with Crippen molar-refractivity contribution < 1.29 is 18.7 Å². The van der Waals surface area contributed by atoms with Crippen LogP contribution in [-0.4, -0.2) is 23.9 Å². The number of para-hydroxylation sites is 2. The summed E-state index contributed by atoms with van der Waals surface area (Å²) in [6.45, 7) is 0. The number of aromatic amines is 1. The lowest BCUT2D eigenvalue weighted by Crippen LogP contribution is -2.22. The van der Waals surface area contributed by atoms with Crippen molar-refractivity contribution in [3.63, 3.8) is 0 Å². The van der Waals surface area contributed by atoms with Crippen molar-refractivity contribution >= 4 is 44.8 Å². The number of amides is 2. The number of nitrogens with one attached hydrogen (secondary N) is 2. The third-order valence-electron chi connectivity index (χ3n) is 4.84. The van der Waals surface area contributed by atoms with E-state index in [2.05, 4.69) is 10.3 Å². The van der Waals surface area contributed by atoms with Crippen molar-refractivity contribution in [1.29, 1.82) is 0 Å². The van der Waals surface area contributed by atoms with E-state index in [4.69, 9.17) is 9.15 Å². The number of rotatable bonds is 3. The molecule has 0 saturated carbocycles. The minimum Gasteiger partial charge on any atom is -0.493 e. The van der Waals surface area contributed by atoms with E-state index in [1.54, 1.807) is 19.4 Å². The molecular weight excluding hydrogens is 344 g/mol. The number of hydrogen-bond acceptors (Lipinski definition) is 4. The van der Waals surface area contributed by atoms with Gasteiger partial charge in [0.15, 0.2) is 11.3 Å². The summed E-state index contributed by atoms with van der Waals surface area (Å²) >= 11 is 0. The summed E-state index contributed by atoms with van der Waals surface area (Å²) in [7, 11) is 1.55. The maximum Gasteiger partial charge on any atom is 0.259 e. The van der Waals surface area contributed by atoms with E-state index in [0.29, 0.717) is 39.0 Å². The Kier molecular flexibility index (Phi) is 3.21. The summed E-state index contributed by atoms with van der Waals surface area (Å²) in [6.07, 6.45) is 3.25. The summed E-state index contributed by atoms with van der Waals surface area (Å²) in [5.41, 5.74) is 3.31. The summed E-state index contributed by atoms with van der Waals surface area (Å²) in [5, 5.41) is 4.00. The average Bonchev–Trinajstić information content (AvgIpc) is 3.36. The molecule has 2 N–H and O–H groups in total. The molecule has 0 radical (unpaired) electrons.